The van der Waals surface area contributed by atoms with Crippen LogP contribution in [0.3, 0.4) is 0 Å². The lowest BCUT2D eigenvalue weighted by atomic mass is 9.91. The number of rotatable bonds is 4. The van der Waals surface area contributed by atoms with Crippen LogP contribution in [0.2, 0.25) is 0 Å². The smallest absolute Gasteiger partial charge is 0.256 e. The molecule has 1 atom stereocenters. The topological polar surface area (TPSA) is 81.5 Å². The van der Waals surface area contributed by atoms with E-state index < -0.39 is 0 Å². The molecule has 1 amide bonds. The number of aliphatic imine (C=N–C) groups is 1. The minimum atomic E-state index is -0.374. The Morgan fingerprint density at radius 1 is 0.950 bits per heavy atom. The van der Waals surface area contributed by atoms with Crippen molar-refractivity contribution in [2.24, 2.45) is 16.5 Å². The van der Waals surface area contributed by atoms with Gasteiger partial charge in [0.05, 0.1) is 5.92 Å². The van der Waals surface area contributed by atoms with Crippen molar-refractivity contribution >= 4 is 11.9 Å². The molecule has 20 heavy (non-hydrogen) atoms. The summed E-state index contributed by atoms with van der Waals surface area (Å²) in [7, 11) is 0. The molecule has 2 aromatic carbocycles. The second kappa shape index (κ2) is 6.52. The largest absolute Gasteiger partial charge is 0.370 e. The lowest BCUT2D eigenvalue weighted by Gasteiger charge is -2.14. The van der Waals surface area contributed by atoms with Crippen molar-refractivity contribution in [2.75, 3.05) is 0 Å². The molecule has 0 aromatic heterocycles. The van der Waals surface area contributed by atoms with Crippen molar-refractivity contribution in [3.05, 3.63) is 71.8 Å². The van der Waals surface area contributed by atoms with E-state index in [1.54, 1.807) is 0 Å². The Balaban J connectivity index is 2.30. The van der Waals surface area contributed by atoms with E-state index in [0.29, 0.717) is 6.42 Å². The molecular weight excluding hydrogens is 250 g/mol. The van der Waals surface area contributed by atoms with Crippen molar-refractivity contribution < 1.29 is 4.79 Å². The van der Waals surface area contributed by atoms with E-state index in [1.165, 1.54) is 0 Å². The molecule has 4 nitrogen and oxygen atoms in total. The van der Waals surface area contributed by atoms with Gasteiger partial charge in [0.15, 0.2) is 5.96 Å². The number of guanidine groups is 1. The van der Waals surface area contributed by atoms with Gasteiger partial charge < -0.3 is 11.5 Å². The predicted octanol–water partition coefficient (Wildman–Crippen LogP) is 1.81. The summed E-state index contributed by atoms with van der Waals surface area (Å²) >= 11 is 0. The molecule has 0 heterocycles. The number of hydrogen-bond acceptors (Lipinski definition) is 1. The molecule has 2 rings (SSSR count). The maximum atomic E-state index is 12.2. The zero-order valence-corrected chi connectivity index (χ0v) is 11.1. The third-order valence-electron chi connectivity index (χ3n) is 3.02. The summed E-state index contributed by atoms with van der Waals surface area (Å²) < 4.78 is 0. The quantitative estimate of drug-likeness (QED) is 0.654. The van der Waals surface area contributed by atoms with Gasteiger partial charge in [0.1, 0.15) is 0 Å². The first kappa shape index (κ1) is 13.8. The van der Waals surface area contributed by atoms with Crippen LogP contribution in [0.15, 0.2) is 65.7 Å². The average molecular weight is 267 g/mol. The molecule has 0 aliphatic rings. The van der Waals surface area contributed by atoms with E-state index in [-0.39, 0.29) is 17.8 Å². The molecule has 0 saturated heterocycles. The van der Waals surface area contributed by atoms with Gasteiger partial charge in [-0.2, -0.15) is 4.99 Å². The Morgan fingerprint density at radius 3 is 2.05 bits per heavy atom. The molecule has 0 radical (unpaired) electrons. The highest BCUT2D eigenvalue weighted by Gasteiger charge is 2.20. The van der Waals surface area contributed by atoms with E-state index in [2.05, 4.69) is 4.99 Å². The standard InChI is InChI=1S/C16H17N3O/c17-16(18)19-15(20)14(13-9-5-2-6-10-13)11-12-7-3-1-4-8-12/h1-10,14H,11H2,(H4,17,18,19,20)/t14-/m1/s1. The van der Waals surface area contributed by atoms with E-state index in [1.807, 2.05) is 60.7 Å². The minimum Gasteiger partial charge on any atom is -0.370 e. The van der Waals surface area contributed by atoms with Gasteiger partial charge in [-0.05, 0) is 17.5 Å². The molecule has 4 heteroatoms. The molecule has 102 valence electrons. The number of amides is 1. The molecule has 0 spiro atoms. The first-order chi connectivity index (χ1) is 9.66. The predicted molar refractivity (Wildman–Crippen MR) is 80.1 cm³/mol. The maximum Gasteiger partial charge on any atom is 0.256 e. The van der Waals surface area contributed by atoms with Crippen LogP contribution in [-0.2, 0) is 11.2 Å². The lowest BCUT2D eigenvalue weighted by Crippen LogP contribution is -2.26. The molecule has 0 bridgehead atoms. The Labute approximate surface area is 118 Å². The molecule has 0 unspecified atom stereocenters. The van der Waals surface area contributed by atoms with Gasteiger partial charge in [-0.25, -0.2) is 0 Å². The minimum absolute atomic E-state index is 0.205. The van der Waals surface area contributed by atoms with Crippen LogP contribution >= 0.6 is 0 Å². The highest BCUT2D eigenvalue weighted by atomic mass is 16.1. The number of carbonyl (C=O) groups is 1. The number of hydrogen-bond donors (Lipinski definition) is 2. The summed E-state index contributed by atoms with van der Waals surface area (Å²) in [6.45, 7) is 0. The molecule has 4 N–H and O–H groups in total. The fourth-order valence-electron chi connectivity index (χ4n) is 2.09. The van der Waals surface area contributed by atoms with Crippen LogP contribution in [0.5, 0.6) is 0 Å². The molecule has 2 aromatic rings. The van der Waals surface area contributed by atoms with Crippen LogP contribution in [0, 0.1) is 0 Å². The molecular formula is C16H17N3O. The van der Waals surface area contributed by atoms with Gasteiger partial charge >= 0.3 is 0 Å². The number of nitrogens with two attached hydrogens (primary N) is 2. The summed E-state index contributed by atoms with van der Waals surface area (Å²) in [6, 6.07) is 19.3. The lowest BCUT2D eigenvalue weighted by molar-refractivity contribution is -0.119. The zero-order valence-electron chi connectivity index (χ0n) is 11.1. The van der Waals surface area contributed by atoms with Crippen LogP contribution in [0.4, 0.5) is 0 Å². The average Bonchev–Trinajstić information content (AvgIpc) is 2.46. The zero-order chi connectivity index (χ0) is 14.4. The summed E-state index contributed by atoms with van der Waals surface area (Å²) in [5, 5.41) is 0. The normalized spacial score (nSPS) is 11.6. The monoisotopic (exact) mass is 267 g/mol. The van der Waals surface area contributed by atoms with Crippen molar-refractivity contribution in [3.8, 4) is 0 Å². The molecule has 0 aliphatic heterocycles. The van der Waals surface area contributed by atoms with Gasteiger partial charge in [0.25, 0.3) is 5.91 Å². The van der Waals surface area contributed by atoms with Crippen molar-refractivity contribution in [3.63, 3.8) is 0 Å². The van der Waals surface area contributed by atoms with Crippen molar-refractivity contribution in [1.82, 2.24) is 0 Å². The Morgan fingerprint density at radius 2 is 1.50 bits per heavy atom. The van der Waals surface area contributed by atoms with Crippen LogP contribution in [0.1, 0.15) is 17.0 Å². The van der Waals surface area contributed by atoms with Gasteiger partial charge in [0.2, 0.25) is 0 Å². The number of carbonyl (C=O) groups excluding carboxylic acids is 1. The molecule has 0 aliphatic carbocycles. The van der Waals surface area contributed by atoms with E-state index in [0.717, 1.165) is 11.1 Å². The molecule has 0 fully saturated rings. The highest BCUT2D eigenvalue weighted by Crippen LogP contribution is 2.22. The number of nitrogens with zero attached hydrogens (tertiary/aromatic N) is 1. The van der Waals surface area contributed by atoms with E-state index >= 15 is 0 Å². The SMILES string of the molecule is NC(N)=NC(=O)[C@H](Cc1ccccc1)c1ccccc1. The van der Waals surface area contributed by atoms with Crippen molar-refractivity contribution in [1.29, 1.82) is 0 Å². The van der Waals surface area contributed by atoms with Crippen molar-refractivity contribution in [2.45, 2.75) is 12.3 Å². The van der Waals surface area contributed by atoms with Crippen LogP contribution in [-0.4, -0.2) is 11.9 Å². The Kier molecular flexibility index (Phi) is 4.50. The fraction of sp³-hybridized carbons (Fsp3) is 0.125. The summed E-state index contributed by atoms with van der Waals surface area (Å²) in [5.41, 5.74) is 12.6. The summed E-state index contributed by atoms with van der Waals surface area (Å²) in [5.74, 6) is -0.898. The fourth-order valence-corrected chi connectivity index (χ4v) is 2.09. The third kappa shape index (κ3) is 3.68. The number of benzene rings is 2. The highest BCUT2D eigenvalue weighted by molar-refractivity contribution is 5.95. The van der Waals surface area contributed by atoms with E-state index in [9.17, 15) is 4.79 Å². The first-order valence-electron chi connectivity index (χ1n) is 6.39. The second-order valence-electron chi connectivity index (χ2n) is 4.53. The maximum absolute atomic E-state index is 12.2. The second-order valence-corrected chi connectivity index (χ2v) is 4.53. The van der Waals surface area contributed by atoms with Crippen LogP contribution < -0.4 is 11.5 Å². The first-order valence-corrected chi connectivity index (χ1v) is 6.39. The van der Waals surface area contributed by atoms with Gasteiger partial charge in [-0.3, -0.25) is 4.79 Å². The van der Waals surface area contributed by atoms with Gasteiger partial charge in [-0.1, -0.05) is 60.7 Å². The summed E-state index contributed by atoms with van der Waals surface area (Å²) in [4.78, 5) is 15.9. The third-order valence-corrected chi connectivity index (χ3v) is 3.02. The van der Waals surface area contributed by atoms with Gasteiger partial charge in [0, 0.05) is 0 Å². The summed E-state index contributed by atoms with van der Waals surface area (Å²) in [6.07, 6.45) is 0.570. The van der Waals surface area contributed by atoms with E-state index in [4.69, 9.17) is 11.5 Å². The molecule has 0 saturated carbocycles. The van der Waals surface area contributed by atoms with Gasteiger partial charge in [-0.15, -0.1) is 0 Å². The Hall–Kier alpha value is -2.62. The Bertz CT molecular complexity index is 590. The van der Waals surface area contributed by atoms with Crippen LogP contribution in [0.25, 0.3) is 0 Å².